The van der Waals surface area contributed by atoms with Crippen molar-refractivity contribution in [1.82, 2.24) is 9.88 Å². The second-order valence-electron chi connectivity index (χ2n) is 6.35. The predicted octanol–water partition coefficient (Wildman–Crippen LogP) is 2.89. The Hall–Kier alpha value is -2.61. The Morgan fingerprint density at radius 1 is 1.27 bits per heavy atom. The summed E-state index contributed by atoms with van der Waals surface area (Å²) in [6.45, 7) is 2.12. The molecule has 26 heavy (non-hydrogen) atoms. The number of rotatable bonds is 5. The van der Waals surface area contributed by atoms with E-state index < -0.39 is 17.6 Å². The summed E-state index contributed by atoms with van der Waals surface area (Å²) in [5.41, 5.74) is 6.53. The molecule has 0 bridgehead atoms. The summed E-state index contributed by atoms with van der Waals surface area (Å²) in [5, 5.41) is 3.30. The van der Waals surface area contributed by atoms with E-state index in [2.05, 4.69) is 15.2 Å². The van der Waals surface area contributed by atoms with Crippen LogP contribution in [-0.4, -0.2) is 34.9 Å². The highest BCUT2D eigenvalue weighted by Crippen LogP contribution is 2.29. The van der Waals surface area contributed by atoms with Gasteiger partial charge in [0.05, 0.1) is 16.8 Å². The monoisotopic (exact) mass is 364 g/mol. The highest BCUT2D eigenvalue weighted by atomic mass is 19.4. The number of halogens is 3. The molecule has 2 aromatic rings. The van der Waals surface area contributed by atoms with Crippen molar-refractivity contribution in [2.24, 2.45) is 5.73 Å². The van der Waals surface area contributed by atoms with E-state index in [1.54, 1.807) is 12.3 Å². The number of alkyl halides is 3. The molecular formula is C18H19F3N4O. The quantitative estimate of drug-likeness (QED) is 0.856. The molecule has 0 saturated carbocycles. The van der Waals surface area contributed by atoms with Gasteiger partial charge in [0.1, 0.15) is 0 Å². The maximum absolute atomic E-state index is 12.6. The molecule has 1 aromatic carbocycles. The number of amides is 1. The van der Waals surface area contributed by atoms with Crippen LogP contribution in [0.3, 0.4) is 0 Å². The number of aromatic nitrogens is 1. The fourth-order valence-electron chi connectivity index (χ4n) is 3.09. The van der Waals surface area contributed by atoms with Crippen LogP contribution < -0.4 is 11.1 Å². The van der Waals surface area contributed by atoms with E-state index in [0.717, 1.165) is 37.2 Å². The number of likely N-dealkylation sites (tertiary alicyclic amines) is 1. The first-order chi connectivity index (χ1) is 12.3. The van der Waals surface area contributed by atoms with E-state index in [4.69, 9.17) is 5.73 Å². The van der Waals surface area contributed by atoms with Crippen LogP contribution in [0.5, 0.6) is 0 Å². The number of pyridine rings is 1. The first kappa shape index (κ1) is 18.2. The van der Waals surface area contributed by atoms with E-state index in [1.165, 1.54) is 18.3 Å². The van der Waals surface area contributed by atoms with Crippen LogP contribution in [0, 0.1) is 0 Å². The van der Waals surface area contributed by atoms with Crippen molar-refractivity contribution in [2.75, 3.05) is 18.4 Å². The molecule has 2 heterocycles. The summed E-state index contributed by atoms with van der Waals surface area (Å²) >= 11 is 0. The Morgan fingerprint density at radius 2 is 2.00 bits per heavy atom. The molecule has 0 spiro atoms. The predicted molar refractivity (Wildman–Crippen MR) is 91.5 cm³/mol. The van der Waals surface area contributed by atoms with Gasteiger partial charge in [-0.1, -0.05) is 12.1 Å². The average molecular weight is 364 g/mol. The number of nitrogens with two attached hydrogens (primary N) is 1. The van der Waals surface area contributed by atoms with Gasteiger partial charge in [-0.05, 0) is 30.2 Å². The minimum atomic E-state index is -4.32. The summed E-state index contributed by atoms with van der Waals surface area (Å²) in [4.78, 5) is 17.5. The molecule has 3 N–H and O–H groups in total. The summed E-state index contributed by atoms with van der Waals surface area (Å²) in [7, 11) is 0. The van der Waals surface area contributed by atoms with Gasteiger partial charge >= 0.3 is 6.18 Å². The van der Waals surface area contributed by atoms with Gasteiger partial charge in [0.2, 0.25) is 0 Å². The minimum Gasteiger partial charge on any atom is -0.380 e. The smallest absolute Gasteiger partial charge is 0.380 e. The number of nitrogens with zero attached hydrogens (tertiary/aromatic N) is 2. The lowest BCUT2D eigenvalue weighted by Gasteiger charge is -2.18. The maximum atomic E-state index is 12.6. The highest BCUT2D eigenvalue weighted by molar-refractivity contribution is 5.98. The van der Waals surface area contributed by atoms with E-state index in [0.29, 0.717) is 17.8 Å². The molecule has 1 aromatic heterocycles. The SMILES string of the molecule is NC(=O)c1cnccc1NC1CCN(Cc2ccc(C(F)(F)F)cc2)C1. The van der Waals surface area contributed by atoms with Gasteiger partial charge in [0.15, 0.2) is 0 Å². The van der Waals surface area contributed by atoms with Crippen LogP contribution >= 0.6 is 0 Å². The largest absolute Gasteiger partial charge is 0.416 e. The van der Waals surface area contributed by atoms with E-state index in [9.17, 15) is 18.0 Å². The van der Waals surface area contributed by atoms with Crippen molar-refractivity contribution in [2.45, 2.75) is 25.2 Å². The Bertz CT molecular complexity index is 777. The van der Waals surface area contributed by atoms with Gasteiger partial charge in [-0.3, -0.25) is 14.7 Å². The molecule has 1 amide bonds. The van der Waals surface area contributed by atoms with Crippen molar-refractivity contribution >= 4 is 11.6 Å². The van der Waals surface area contributed by atoms with E-state index in [1.807, 2.05) is 0 Å². The summed E-state index contributed by atoms with van der Waals surface area (Å²) in [6, 6.07) is 7.08. The van der Waals surface area contributed by atoms with E-state index >= 15 is 0 Å². The van der Waals surface area contributed by atoms with Crippen molar-refractivity contribution in [3.8, 4) is 0 Å². The second kappa shape index (κ2) is 7.33. The maximum Gasteiger partial charge on any atom is 0.416 e. The van der Waals surface area contributed by atoms with Crippen LogP contribution in [0.25, 0.3) is 0 Å². The second-order valence-corrected chi connectivity index (χ2v) is 6.35. The molecule has 138 valence electrons. The summed E-state index contributed by atoms with van der Waals surface area (Å²) < 4.78 is 37.8. The third kappa shape index (κ3) is 4.32. The third-order valence-corrected chi connectivity index (χ3v) is 4.41. The zero-order valence-electron chi connectivity index (χ0n) is 14.0. The number of nitrogens with one attached hydrogen (secondary N) is 1. The third-order valence-electron chi connectivity index (χ3n) is 4.41. The van der Waals surface area contributed by atoms with E-state index in [-0.39, 0.29) is 6.04 Å². The summed E-state index contributed by atoms with van der Waals surface area (Å²) in [5.74, 6) is -0.541. The van der Waals surface area contributed by atoms with Gasteiger partial charge in [0, 0.05) is 38.1 Å². The van der Waals surface area contributed by atoms with Crippen molar-refractivity contribution in [3.63, 3.8) is 0 Å². The standard InChI is InChI=1S/C18H19F3N4O/c19-18(20,21)13-3-1-12(2-4-13)10-25-8-6-14(11-25)24-16-5-7-23-9-15(16)17(22)26/h1-5,7,9,14H,6,8,10-11H2,(H2,22,26)(H,23,24). The Labute approximate surface area is 149 Å². The number of hydrogen-bond donors (Lipinski definition) is 2. The molecule has 0 aliphatic carbocycles. The zero-order valence-corrected chi connectivity index (χ0v) is 14.0. The van der Waals surface area contributed by atoms with Crippen molar-refractivity contribution in [3.05, 3.63) is 59.4 Å². The van der Waals surface area contributed by atoms with Crippen LogP contribution in [0.4, 0.5) is 18.9 Å². The van der Waals surface area contributed by atoms with Gasteiger partial charge in [-0.2, -0.15) is 13.2 Å². The van der Waals surface area contributed by atoms with Crippen molar-refractivity contribution in [1.29, 1.82) is 0 Å². The number of carbonyl (C=O) groups is 1. The highest BCUT2D eigenvalue weighted by Gasteiger charge is 2.30. The Kier molecular flexibility index (Phi) is 5.13. The summed E-state index contributed by atoms with van der Waals surface area (Å²) in [6.07, 6.45) is -0.436. The van der Waals surface area contributed by atoms with Gasteiger partial charge in [0.25, 0.3) is 5.91 Å². The molecule has 1 aliphatic heterocycles. The molecule has 1 unspecified atom stereocenters. The molecule has 1 atom stereocenters. The van der Waals surface area contributed by atoms with Gasteiger partial charge in [-0.15, -0.1) is 0 Å². The molecule has 0 radical (unpaired) electrons. The Morgan fingerprint density at radius 3 is 2.65 bits per heavy atom. The number of primary amides is 1. The lowest BCUT2D eigenvalue weighted by Crippen LogP contribution is -2.27. The number of benzene rings is 1. The first-order valence-electron chi connectivity index (χ1n) is 8.22. The lowest BCUT2D eigenvalue weighted by atomic mass is 10.1. The fraction of sp³-hybridized carbons (Fsp3) is 0.333. The van der Waals surface area contributed by atoms with Crippen LogP contribution in [0.2, 0.25) is 0 Å². The van der Waals surface area contributed by atoms with Crippen LogP contribution in [0.15, 0.2) is 42.7 Å². The van der Waals surface area contributed by atoms with Gasteiger partial charge < -0.3 is 11.1 Å². The topological polar surface area (TPSA) is 71.2 Å². The molecule has 3 rings (SSSR count). The lowest BCUT2D eigenvalue weighted by molar-refractivity contribution is -0.137. The molecular weight excluding hydrogens is 345 g/mol. The fourth-order valence-corrected chi connectivity index (χ4v) is 3.09. The zero-order chi connectivity index (χ0) is 18.7. The number of hydrogen-bond acceptors (Lipinski definition) is 4. The van der Waals surface area contributed by atoms with Gasteiger partial charge in [-0.25, -0.2) is 0 Å². The van der Waals surface area contributed by atoms with Crippen LogP contribution in [0.1, 0.15) is 27.9 Å². The molecule has 1 saturated heterocycles. The first-order valence-corrected chi connectivity index (χ1v) is 8.22. The average Bonchev–Trinajstić information content (AvgIpc) is 3.02. The van der Waals surface area contributed by atoms with Crippen molar-refractivity contribution < 1.29 is 18.0 Å². The number of anilines is 1. The Balaban J connectivity index is 1.58. The minimum absolute atomic E-state index is 0.130. The molecule has 1 fully saturated rings. The molecule has 8 heteroatoms. The van der Waals surface area contributed by atoms with Crippen LogP contribution in [-0.2, 0) is 12.7 Å². The number of carbonyl (C=O) groups excluding carboxylic acids is 1. The molecule has 1 aliphatic rings. The normalized spacial score (nSPS) is 18.0. The molecule has 5 nitrogen and oxygen atoms in total.